The maximum Gasteiger partial charge on any atom is 0.427 e. The second-order valence-electron chi connectivity index (χ2n) is 12.3. The van der Waals surface area contributed by atoms with Crippen LogP contribution in [0.2, 0.25) is 0 Å². The van der Waals surface area contributed by atoms with Gasteiger partial charge in [-0.15, -0.1) is 4.90 Å². The summed E-state index contributed by atoms with van der Waals surface area (Å²) in [6.07, 6.45) is -4.68. The molecule has 4 amide bonds. The number of nitrogens with zero attached hydrogens (tertiary/aromatic N) is 4. The fraction of sp³-hybridized carbons (Fsp3) is 0.680. The molecule has 13 nitrogen and oxygen atoms in total. The van der Waals surface area contributed by atoms with Crippen molar-refractivity contribution >= 4 is 36.1 Å². The van der Waals surface area contributed by atoms with Crippen LogP contribution >= 0.6 is 0 Å². The van der Waals surface area contributed by atoms with E-state index < -0.39 is 65.2 Å². The molecule has 1 N–H and O–H groups in total. The Bertz CT molecular complexity index is 911. The highest BCUT2D eigenvalue weighted by Gasteiger charge is 2.38. The van der Waals surface area contributed by atoms with Crippen molar-refractivity contribution in [3.05, 3.63) is 11.8 Å². The second-order valence-corrected chi connectivity index (χ2v) is 12.3. The number of aliphatic hydroxyl groups is 1. The van der Waals surface area contributed by atoms with Crippen LogP contribution in [0.15, 0.2) is 6.07 Å². The predicted octanol–water partition coefficient (Wildman–Crippen LogP) is 5.32. The summed E-state index contributed by atoms with van der Waals surface area (Å²) in [5, 5.41) is 9.86. The van der Waals surface area contributed by atoms with E-state index in [-0.39, 0.29) is 5.69 Å². The largest absolute Gasteiger partial charge is 0.443 e. The topological polar surface area (TPSA) is 158 Å². The van der Waals surface area contributed by atoms with Gasteiger partial charge in [-0.05, 0) is 83.1 Å². The first kappa shape index (κ1) is 32.5. The number of imide groups is 2. The van der Waals surface area contributed by atoms with Gasteiger partial charge in [0.15, 0.2) is 5.82 Å². The minimum Gasteiger partial charge on any atom is -0.443 e. The fourth-order valence-electron chi connectivity index (χ4n) is 2.49. The van der Waals surface area contributed by atoms with Crippen molar-refractivity contribution < 1.29 is 43.2 Å². The third kappa shape index (κ3) is 10.9. The molecule has 1 rings (SSSR count). The Morgan fingerprint density at radius 3 is 1.24 bits per heavy atom. The fourth-order valence-corrected chi connectivity index (χ4v) is 2.49. The van der Waals surface area contributed by atoms with Crippen LogP contribution in [0.4, 0.5) is 30.9 Å². The van der Waals surface area contributed by atoms with E-state index in [1.165, 1.54) is 0 Å². The highest BCUT2D eigenvalue weighted by molar-refractivity contribution is 6.10. The van der Waals surface area contributed by atoms with Crippen molar-refractivity contribution in [2.24, 2.45) is 0 Å². The van der Waals surface area contributed by atoms with Gasteiger partial charge in [0.2, 0.25) is 5.95 Å². The molecule has 0 saturated heterocycles. The van der Waals surface area contributed by atoms with Crippen LogP contribution in [-0.4, -0.2) is 61.9 Å². The molecule has 0 aliphatic rings. The number of rotatable bonds is 3. The molecular weight excluding hydrogens is 500 g/mol. The van der Waals surface area contributed by atoms with Gasteiger partial charge in [-0.25, -0.2) is 24.2 Å². The number of anilines is 2. The third-order valence-electron chi connectivity index (χ3n) is 3.65. The summed E-state index contributed by atoms with van der Waals surface area (Å²) in [6, 6.07) is 1.11. The molecule has 0 bridgehead atoms. The van der Waals surface area contributed by atoms with E-state index in [1.54, 1.807) is 83.1 Å². The van der Waals surface area contributed by atoms with Gasteiger partial charge in [-0.3, -0.25) is 0 Å². The standard InChI is InChI=1S/C25H40N4O9/c1-22(2,3)35-18(31)28(19(32)36-23(4,5)6)16-13-15(14-30)26-17(27-16)29(20(33)37-24(7,8)9)21(34)38-25(10,11)12/h13,30H,14H2,1-12H3. The van der Waals surface area contributed by atoms with Crippen molar-refractivity contribution in [1.82, 2.24) is 9.97 Å². The van der Waals surface area contributed by atoms with Gasteiger partial charge >= 0.3 is 24.4 Å². The number of amides is 4. The molecule has 0 radical (unpaired) electrons. The number of aliphatic hydroxyl groups excluding tert-OH is 1. The summed E-state index contributed by atoms with van der Waals surface area (Å²) < 4.78 is 21.4. The monoisotopic (exact) mass is 540 g/mol. The first-order valence-corrected chi connectivity index (χ1v) is 11.9. The molecule has 0 aliphatic heterocycles. The van der Waals surface area contributed by atoms with Crippen LogP contribution in [0.1, 0.15) is 88.8 Å². The maximum absolute atomic E-state index is 13.1. The summed E-state index contributed by atoms with van der Waals surface area (Å²) >= 11 is 0. The SMILES string of the molecule is CC(C)(C)OC(=O)N(C(=O)OC(C)(C)C)c1cc(CO)nc(N(C(=O)OC(C)(C)C)C(=O)OC(C)(C)C)n1. The molecule has 0 saturated carbocycles. The first-order chi connectivity index (χ1) is 16.9. The lowest BCUT2D eigenvalue weighted by atomic mass is 10.2. The number of aromatic nitrogens is 2. The highest BCUT2D eigenvalue weighted by Crippen LogP contribution is 2.25. The quantitative estimate of drug-likeness (QED) is 0.494. The second kappa shape index (κ2) is 11.5. The van der Waals surface area contributed by atoms with Crippen LogP contribution in [0.3, 0.4) is 0 Å². The molecule has 1 aromatic heterocycles. The van der Waals surface area contributed by atoms with Crippen LogP contribution < -0.4 is 9.80 Å². The van der Waals surface area contributed by atoms with Gasteiger partial charge in [0.05, 0.1) is 12.3 Å². The highest BCUT2D eigenvalue weighted by atomic mass is 16.6. The predicted molar refractivity (Wildman–Crippen MR) is 138 cm³/mol. The zero-order valence-electron chi connectivity index (χ0n) is 24.3. The van der Waals surface area contributed by atoms with E-state index in [9.17, 15) is 24.3 Å². The Labute approximate surface area is 223 Å². The minimum atomic E-state index is -1.19. The van der Waals surface area contributed by atoms with E-state index in [1.807, 2.05) is 0 Å². The molecule has 0 aromatic carbocycles. The maximum atomic E-state index is 13.1. The van der Waals surface area contributed by atoms with Gasteiger partial charge in [0.25, 0.3) is 0 Å². The summed E-state index contributed by atoms with van der Waals surface area (Å²) in [7, 11) is 0. The van der Waals surface area contributed by atoms with Crippen molar-refractivity contribution in [2.45, 2.75) is 112 Å². The third-order valence-corrected chi connectivity index (χ3v) is 3.65. The van der Waals surface area contributed by atoms with Gasteiger partial charge in [0.1, 0.15) is 22.4 Å². The van der Waals surface area contributed by atoms with E-state index in [0.717, 1.165) is 6.07 Å². The number of carbonyl (C=O) groups excluding carboxylic acids is 4. The summed E-state index contributed by atoms with van der Waals surface area (Å²) in [6.45, 7) is 18.4. The Morgan fingerprint density at radius 1 is 0.632 bits per heavy atom. The number of hydrogen-bond acceptors (Lipinski definition) is 11. The molecule has 1 aromatic rings. The van der Waals surface area contributed by atoms with Crippen molar-refractivity contribution in [1.29, 1.82) is 0 Å². The summed E-state index contributed by atoms with van der Waals surface area (Å²) in [5.41, 5.74) is -4.20. The Hall–Kier alpha value is -3.48. The molecule has 0 atom stereocenters. The van der Waals surface area contributed by atoms with Gasteiger partial charge in [0, 0.05) is 6.07 Å². The lowest BCUT2D eigenvalue weighted by Crippen LogP contribution is -2.46. The Balaban J connectivity index is 3.82. The summed E-state index contributed by atoms with van der Waals surface area (Å²) in [4.78, 5) is 61.4. The molecule has 1 heterocycles. The molecule has 13 heteroatoms. The van der Waals surface area contributed by atoms with Crippen molar-refractivity contribution in [3.8, 4) is 0 Å². The Morgan fingerprint density at radius 2 is 0.947 bits per heavy atom. The van der Waals surface area contributed by atoms with Gasteiger partial charge < -0.3 is 24.1 Å². The zero-order valence-corrected chi connectivity index (χ0v) is 24.3. The molecule has 0 unspecified atom stereocenters. The zero-order chi connectivity index (χ0) is 29.9. The lowest BCUT2D eigenvalue weighted by Gasteiger charge is -2.29. The van der Waals surface area contributed by atoms with Gasteiger partial charge in [-0.2, -0.15) is 9.88 Å². The molecule has 0 aliphatic carbocycles. The van der Waals surface area contributed by atoms with E-state index in [2.05, 4.69) is 9.97 Å². The van der Waals surface area contributed by atoms with Crippen LogP contribution in [0.25, 0.3) is 0 Å². The number of carbonyl (C=O) groups is 4. The average Bonchev–Trinajstić information content (AvgIpc) is 2.62. The van der Waals surface area contributed by atoms with Crippen molar-refractivity contribution in [3.63, 3.8) is 0 Å². The first-order valence-electron chi connectivity index (χ1n) is 11.9. The number of hydrogen-bond donors (Lipinski definition) is 1. The minimum absolute atomic E-state index is 0.140. The van der Waals surface area contributed by atoms with E-state index >= 15 is 0 Å². The van der Waals surface area contributed by atoms with E-state index in [4.69, 9.17) is 18.9 Å². The molecule has 38 heavy (non-hydrogen) atoms. The van der Waals surface area contributed by atoms with Crippen LogP contribution in [-0.2, 0) is 25.6 Å². The van der Waals surface area contributed by atoms with Gasteiger partial charge in [-0.1, -0.05) is 0 Å². The molecule has 0 spiro atoms. The molecule has 214 valence electrons. The Kier molecular flexibility index (Phi) is 9.85. The summed E-state index contributed by atoms with van der Waals surface area (Å²) in [5.74, 6) is -1.05. The normalized spacial score (nSPS) is 12.3. The number of ether oxygens (including phenoxy) is 4. The van der Waals surface area contributed by atoms with Crippen LogP contribution in [0, 0.1) is 0 Å². The average molecular weight is 541 g/mol. The smallest absolute Gasteiger partial charge is 0.427 e. The van der Waals surface area contributed by atoms with E-state index in [0.29, 0.717) is 9.80 Å². The van der Waals surface area contributed by atoms with Crippen molar-refractivity contribution in [2.75, 3.05) is 9.80 Å². The molecule has 0 fully saturated rings. The lowest BCUT2D eigenvalue weighted by molar-refractivity contribution is 0.0410. The van der Waals surface area contributed by atoms with Crippen LogP contribution in [0.5, 0.6) is 0 Å². The molecular formula is C25H40N4O9.